The molecule has 0 spiro atoms. The van der Waals surface area contributed by atoms with Crippen LogP contribution in [0, 0.1) is 6.92 Å². The van der Waals surface area contributed by atoms with Gasteiger partial charge < -0.3 is 9.72 Å². The van der Waals surface area contributed by atoms with Crippen LogP contribution in [0.5, 0.6) is 0 Å². The maximum absolute atomic E-state index is 12.7. The first-order valence-electron chi connectivity index (χ1n) is 8.59. The number of carbonyl (C=O) groups excluding carboxylic acids is 1. The Balaban J connectivity index is 1.44. The summed E-state index contributed by atoms with van der Waals surface area (Å²) < 4.78 is 2.00. The Labute approximate surface area is 147 Å². The van der Waals surface area contributed by atoms with Gasteiger partial charge >= 0.3 is 0 Å². The fourth-order valence-electron chi connectivity index (χ4n) is 3.48. The van der Waals surface area contributed by atoms with Gasteiger partial charge in [0.25, 0.3) is 0 Å². The molecule has 4 rings (SSSR count). The molecular weight excluding hydrogens is 312 g/mol. The molecule has 2 aromatic heterocycles. The summed E-state index contributed by atoms with van der Waals surface area (Å²) in [6, 6.07) is 12.3. The lowest BCUT2D eigenvalue weighted by molar-refractivity contribution is -0.126. The van der Waals surface area contributed by atoms with E-state index in [1.165, 1.54) is 16.7 Å². The molecule has 3 aromatic rings. The molecule has 1 amide bonds. The Kier molecular flexibility index (Phi) is 4.01. The molecule has 1 aliphatic rings. The maximum Gasteiger partial charge on any atom is 0.238 e. The molecule has 0 saturated heterocycles. The third-order valence-corrected chi connectivity index (χ3v) is 4.88. The highest BCUT2D eigenvalue weighted by atomic mass is 16.2. The zero-order valence-corrected chi connectivity index (χ0v) is 14.6. The van der Waals surface area contributed by atoms with Crippen molar-refractivity contribution in [2.24, 2.45) is 0 Å². The van der Waals surface area contributed by atoms with Crippen molar-refractivity contribution in [1.29, 1.82) is 0 Å². The van der Waals surface area contributed by atoms with Gasteiger partial charge in [0.1, 0.15) is 5.65 Å². The van der Waals surface area contributed by atoms with Gasteiger partial charge in [-0.25, -0.2) is 4.98 Å². The Hall–Kier alpha value is -2.66. The molecule has 1 unspecified atom stereocenters. The number of aromatic nitrogens is 2. The minimum Gasteiger partial charge on any atom is -0.349 e. The van der Waals surface area contributed by atoms with E-state index in [1.54, 1.807) is 0 Å². The molecule has 0 saturated carbocycles. The Bertz CT molecular complexity index is 930. The van der Waals surface area contributed by atoms with Gasteiger partial charge in [0.05, 0.1) is 18.3 Å². The molecule has 1 aliphatic heterocycles. The Morgan fingerprint density at radius 2 is 2.00 bits per heavy atom. The Morgan fingerprint density at radius 1 is 1.20 bits per heavy atom. The van der Waals surface area contributed by atoms with Crippen molar-refractivity contribution in [2.45, 2.75) is 32.5 Å². The van der Waals surface area contributed by atoms with Crippen molar-refractivity contribution < 1.29 is 4.79 Å². The van der Waals surface area contributed by atoms with Gasteiger partial charge in [0.15, 0.2) is 0 Å². The second kappa shape index (κ2) is 6.33. The summed E-state index contributed by atoms with van der Waals surface area (Å²) in [6.45, 7) is 3.31. The fraction of sp³-hybridized carbons (Fsp3) is 0.300. The number of imidazole rings is 1. The van der Waals surface area contributed by atoms with Crippen molar-refractivity contribution in [2.75, 3.05) is 7.05 Å². The number of fused-ring (bicyclic) bond motifs is 2. The second-order valence-electron chi connectivity index (χ2n) is 6.83. The summed E-state index contributed by atoms with van der Waals surface area (Å²) >= 11 is 0. The highest BCUT2D eigenvalue weighted by Crippen LogP contribution is 2.22. The largest absolute Gasteiger partial charge is 0.349 e. The molecule has 1 aromatic carbocycles. The number of hydrogen-bond donors (Lipinski definition) is 1. The lowest BCUT2D eigenvalue weighted by Crippen LogP contribution is -2.48. The number of carbonyl (C=O) groups is 1. The summed E-state index contributed by atoms with van der Waals surface area (Å²) in [4.78, 5) is 19.3. The number of benzene rings is 1. The van der Waals surface area contributed by atoms with E-state index in [0.29, 0.717) is 6.54 Å². The number of nitrogens with one attached hydrogen (secondary N) is 1. The van der Waals surface area contributed by atoms with Crippen LogP contribution in [0.2, 0.25) is 0 Å². The molecular formula is C20H22N4O. The minimum atomic E-state index is -0.130. The number of hydrogen-bond acceptors (Lipinski definition) is 3. The lowest BCUT2D eigenvalue weighted by Gasteiger charge is -2.32. The van der Waals surface area contributed by atoms with Crippen molar-refractivity contribution in [3.63, 3.8) is 0 Å². The highest BCUT2D eigenvalue weighted by Gasteiger charge is 2.28. The molecule has 0 radical (unpaired) electrons. The van der Waals surface area contributed by atoms with Crippen LogP contribution in [0.25, 0.3) is 5.65 Å². The first kappa shape index (κ1) is 15.8. The van der Waals surface area contributed by atoms with Crippen molar-refractivity contribution >= 4 is 11.6 Å². The summed E-state index contributed by atoms with van der Waals surface area (Å²) in [5.74, 6) is 0.0604. The quantitative estimate of drug-likeness (QED) is 0.800. The highest BCUT2D eigenvalue weighted by molar-refractivity contribution is 5.82. The van der Waals surface area contributed by atoms with Crippen molar-refractivity contribution in [3.8, 4) is 0 Å². The number of nitrogens with zero attached hydrogens (tertiary/aromatic N) is 3. The second-order valence-corrected chi connectivity index (χ2v) is 6.83. The zero-order chi connectivity index (χ0) is 17.4. The number of amides is 1. The first-order valence-corrected chi connectivity index (χ1v) is 8.59. The standard InChI is InChI=1S/C20H22N4O/c1-14-7-8-19-22-17(13-24(19)11-14)10-21-20(25)18-9-15-5-3-4-6-16(15)12-23(18)2/h3-8,11,13,18H,9-10,12H2,1-2H3,(H,21,25). The molecule has 5 heteroatoms. The average Bonchev–Trinajstić information content (AvgIpc) is 3.01. The van der Waals surface area contributed by atoms with Crippen LogP contribution in [0.3, 0.4) is 0 Å². The fourth-order valence-corrected chi connectivity index (χ4v) is 3.48. The predicted octanol–water partition coefficient (Wildman–Crippen LogP) is 2.32. The topological polar surface area (TPSA) is 49.6 Å². The molecule has 1 atom stereocenters. The molecule has 3 heterocycles. The first-order chi connectivity index (χ1) is 12.1. The van der Waals surface area contributed by atoms with E-state index in [0.717, 1.165) is 24.3 Å². The predicted molar refractivity (Wildman–Crippen MR) is 97.2 cm³/mol. The average molecular weight is 334 g/mol. The lowest BCUT2D eigenvalue weighted by atomic mass is 9.94. The van der Waals surface area contributed by atoms with Crippen LogP contribution in [-0.2, 0) is 24.3 Å². The van der Waals surface area contributed by atoms with E-state index in [9.17, 15) is 4.79 Å². The SMILES string of the molecule is Cc1ccc2nc(CNC(=O)C3Cc4ccccc4CN3C)cn2c1. The molecule has 25 heavy (non-hydrogen) atoms. The summed E-state index contributed by atoms with van der Waals surface area (Å²) in [7, 11) is 2.01. The van der Waals surface area contributed by atoms with Crippen LogP contribution in [0.4, 0.5) is 0 Å². The Morgan fingerprint density at radius 3 is 2.84 bits per heavy atom. The van der Waals surface area contributed by atoms with Gasteiger partial charge in [-0.2, -0.15) is 0 Å². The number of rotatable bonds is 3. The molecule has 0 fully saturated rings. The molecule has 0 bridgehead atoms. The smallest absolute Gasteiger partial charge is 0.238 e. The molecule has 0 aliphatic carbocycles. The summed E-state index contributed by atoms with van der Waals surface area (Å²) in [5.41, 5.74) is 5.54. The van der Waals surface area contributed by atoms with E-state index in [1.807, 2.05) is 42.0 Å². The van der Waals surface area contributed by atoms with E-state index in [2.05, 4.69) is 40.3 Å². The van der Waals surface area contributed by atoms with Crippen LogP contribution in [0.15, 0.2) is 48.8 Å². The van der Waals surface area contributed by atoms with Gasteiger partial charge in [-0.3, -0.25) is 9.69 Å². The third kappa shape index (κ3) is 3.15. The van der Waals surface area contributed by atoms with Crippen LogP contribution >= 0.6 is 0 Å². The van der Waals surface area contributed by atoms with Crippen molar-refractivity contribution in [3.05, 3.63) is 71.2 Å². The van der Waals surface area contributed by atoms with Gasteiger partial charge in [0.2, 0.25) is 5.91 Å². The minimum absolute atomic E-state index is 0.0604. The van der Waals surface area contributed by atoms with Crippen molar-refractivity contribution in [1.82, 2.24) is 19.6 Å². The van der Waals surface area contributed by atoms with Crippen LogP contribution < -0.4 is 5.32 Å². The number of pyridine rings is 1. The third-order valence-electron chi connectivity index (χ3n) is 4.88. The van der Waals surface area contributed by atoms with Crippen LogP contribution in [0.1, 0.15) is 22.4 Å². The zero-order valence-electron chi connectivity index (χ0n) is 14.6. The summed E-state index contributed by atoms with van der Waals surface area (Å²) in [6.07, 6.45) is 4.77. The van der Waals surface area contributed by atoms with E-state index in [4.69, 9.17) is 0 Å². The monoisotopic (exact) mass is 334 g/mol. The van der Waals surface area contributed by atoms with Gasteiger partial charge in [-0.15, -0.1) is 0 Å². The number of likely N-dealkylation sites (N-methyl/N-ethyl adjacent to an activating group) is 1. The normalized spacial score (nSPS) is 17.4. The number of aryl methyl sites for hydroxylation is 1. The van der Waals surface area contributed by atoms with E-state index in [-0.39, 0.29) is 11.9 Å². The summed E-state index contributed by atoms with van der Waals surface area (Å²) in [5, 5.41) is 3.05. The van der Waals surface area contributed by atoms with Crippen LogP contribution in [-0.4, -0.2) is 33.3 Å². The van der Waals surface area contributed by atoms with E-state index >= 15 is 0 Å². The molecule has 5 nitrogen and oxygen atoms in total. The van der Waals surface area contributed by atoms with Gasteiger partial charge in [-0.05, 0) is 43.1 Å². The van der Waals surface area contributed by atoms with Gasteiger partial charge in [-0.1, -0.05) is 30.3 Å². The molecule has 1 N–H and O–H groups in total. The maximum atomic E-state index is 12.7. The van der Waals surface area contributed by atoms with E-state index < -0.39 is 0 Å². The van der Waals surface area contributed by atoms with Gasteiger partial charge in [0, 0.05) is 18.9 Å². The molecule has 128 valence electrons.